The summed E-state index contributed by atoms with van der Waals surface area (Å²) in [6, 6.07) is 25.1. The molecule has 0 fully saturated rings. The fraction of sp³-hybridized carbons (Fsp3) is 0.650. The highest BCUT2D eigenvalue weighted by Crippen LogP contribution is 2.51. The summed E-state index contributed by atoms with van der Waals surface area (Å²) < 4.78 is 0. The van der Waals surface area contributed by atoms with Crippen LogP contribution in [0.3, 0.4) is 0 Å². The second-order valence-electron chi connectivity index (χ2n) is 26.7. The summed E-state index contributed by atoms with van der Waals surface area (Å²) in [6.07, 6.45) is 53.4. The van der Waals surface area contributed by atoms with Crippen LogP contribution in [0.1, 0.15) is 321 Å². The highest BCUT2D eigenvalue weighted by molar-refractivity contribution is 7.27. The van der Waals surface area contributed by atoms with E-state index in [2.05, 4.69) is 123 Å². The molecule has 0 bridgehead atoms. The van der Waals surface area contributed by atoms with Gasteiger partial charge in [0.05, 0.1) is 22.5 Å². The number of amides is 2. The molecule has 0 saturated heterocycles. The highest BCUT2D eigenvalue weighted by Gasteiger charge is 2.43. The lowest BCUT2D eigenvalue weighted by Crippen LogP contribution is -2.34. The number of rotatable bonds is 49. The quantitative estimate of drug-likeness (QED) is 0.0288. The topological polar surface area (TPSA) is 40.6 Å². The van der Waals surface area contributed by atoms with E-state index in [1.165, 1.54) is 279 Å². The Morgan fingerprint density at radius 2 is 0.759 bits per heavy atom. The van der Waals surface area contributed by atoms with Crippen LogP contribution >= 0.6 is 34.0 Å². The molecule has 5 aromatic rings. The van der Waals surface area contributed by atoms with Gasteiger partial charge in [-0.2, -0.15) is 0 Å². The SMILES string of the molecule is CCCCCCCCCCc1ccsc1-c1ccc(-c2sc(-c3ccc4c(c3)N(CC(CCCCCC)CCCCCCCC)C(=O)/C4=C3/C(=O)N(CC(CCCCCC)CCCCCCCC)c4ccccc43)cc2CCCCCCCCCC)s1. The second kappa shape index (κ2) is 40.9. The molecule has 0 N–H and O–H groups in total. The molecule has 480 valence electrons. The Morgan fingerprint density at radius 1 is 0.356 bits per heavy atom. The average molecular weight is 1240 g/mol. The minimum Gasteiger partial charge on any atom is -0.307 e. The van der Waals surface area contributed by atoms with E-state index < -0.39 is 0 Å². The van der Waals surface area contributed by atoms with Crippen LogP contribution in [-0.4, -0.2) is 24.9 Å². The molecule has 0 aliphatic carbocycles. The van der Waals surface area contributed by atoms with Crippen molar-refractivity contribution in [2.45, 2.75) is 311 Å². The van der Waals surface area contributed by atoms with Gasteiger partial charge in [-0.15, -0.1) is 34.0 Å². The van der Waals surface area contributed by atoms with E-state index in [9.17, 15) is 0 Å². The van der Waals surface area contributed by atoms with Gasteiger partial charge in [0.25, 0.3) is 11.8 Å². The summed E-state index contributed by atoms with van der Waals surface area (Å²) in [7, 11) is 0. The van der Waals surface area contributed by atoms with Crippen LogP contribution in [0.15, 0.2) is 72.1 Å². The van der Waals surface area contributed by atoms with E-state index in [-0.39, 0.29) is 11.8 Å². The molecule has 2 aromatic carbocycles. The number of aryl methyl sites for hydroxylation is 2. The number of fused-ring (bicyclic) bond motifs is 2. The first-order valence-corrected chi connectivity index (χ1v) is 39.3. The summed E-state index contributed by atoms with van der Waals surface area (Å²) in [5, 5.41) is 2.32. The molecule has 0 spiro atoms. The zero-order chi connectivity index (χ0) is 61.3. The third kappa shape index (κ3) is 22.0. The number of hydrogen-bond acceptors (Lipinski definition) is 5. The van der Waals surface area contributed by atoms with Crippen LogP contribution in [-0.2, 0) is 22.4 Å². The monoisotopic (exact) mass is 1240 g/mol. The van der Waals surface area contributed by atoms with Crippen molar-refractivity contribution in [1.82, 2.24) is 0 Å². The summed E-state index contributed by atoms with van der Waals surface area (Å²) in [5.41, 5.74) is 9.28. The first-order valence-electron chi connectivity index (χ1n) is 36.8. The summed E-state index contributed by atoms with van der Waals surface area (Å²) in [6.45, 7) is 15.2. The van der Waals surface area contributed by atoms with Gasteiger partial charge in [0, 0.05) is 48.6 Å². The smallest absolute Gasteiger partial charge is 0.259 e. The van der Waals surface area contributed by atoms with Crippen LogP contribution in [0.25, 0.3) is 41.1 Å². The van der Waals surface area contributed by atoms with Gasteiger partial charge in [-0.3, -0.25) is 9.59 Å². The molecule has 0 radical (unpaired) electrons. The minimum atomic E-state index is 0.0211. The highest BCUT2D eigenvalue weighted by atomic mass is 32.1. The van der Waals surface area contributed by atoms with Crippen molar-refractivity contribution >= 4 is 68.3 Å². The van der Waals surface area contributed by atoms with Crippen molar-refractivity contribution in [3.63, 3.8) is 0 Å². The van der Waals surface area contributed by atoms with Gasteiger partial charge >= 0.3 is 0 Å². The molecule has 5 heterocycles. The van der Waals surface area contributed by atoms with Crippen LogP contribution in [0.4, 0.5) is 11.4 Å². The molecule has 2 aliphatic rings. The van der Waals surface area contributed by atoms with Crippen LogP contribution in [0.5, 0.6) is 0 Å². The largest absolute Gasteiger partial charge is 0.307 e. The molecule has 2 atom stereocenters. The Kier molecular flexibility index (Phi) is 33.2. The third-order valence-electron chi connectivity index (χ3n) is 19.4. The molecule has 4 nitrogen and oxygen atoms in total. The van der Waals surface area contributed by atoms with Crippen molar-refractivity contribution in [3.05, 3.63) is 94.4 Å². The fourth-order valence-electron chi connectivity index (χ4n) is 14.1. The van der Waals surface area contributed by atoms with Crippen LogP contribution in [0, 0.1) is 11.8 Å². The number of anilines is 2. The lowest BCUT2D eigenvalue weighted by molar-refractivity contribution is -0.114. The molecule has 2 unspecified atom stereocenters. The number of para-hydroxylation sites is 1. The molecule has 0 saturated carbocycles. The van der Waals surface area contributed by atoms with Gasteiger partial charge in [-0.25, -0.2) is 0 Å². The first kappa shape index (κ1) is 70.7. The van der Waals surface area contributed by atoms with E-state index in [1.807, 2.05) is 34.0 Å². The van der Waals surface area contributed by atoms with E-state index in [0.29, 0.717) is 29.5 Å². The minimum absolute atomic E-state index is 0.0211. The predicted molar refractivity (Wildman–Crippen MR) is 387 cm³/mol. The van der Waals surface area contributed by atoms with E-state index in [1.54, 1.807) is 0 Å². The molecule has 3 aromatic heterocycles. The van der Waals surface area contributed by atoms with Gasteiger partial charge in [-0.1, -0.05) is 290 Å². The van der Waals surface area contributed by atoms with Gasteiger partial charge in [0.2, 0.25) is 0 Å². The Hall–Kier alpha value is -3.78. The lowest BCUT2D eigenvalue weighted by atomic mass is 9.93. The Bertz CT molecular complexity index is 2750. The maximum absolute atomic E-state index is 15.9. The van der Waals surface area contributed by atoms with E-state index >= 15 is 9.59 Å². The standard InChI is InChI=1S/C80H120N2O2S3/c1-7-13-19-25-29-31-35-41-49-65-57-58-85-77(65)72-55-56-73(86-72)78-67(50-42-36-32-30-26-20-14-8-2)60-74(87-78)66-53-54-69-71(59-66)82(62-64(46-38-24-18-12-6)48-40-34-28-22-16-10-4)80(84)76(69)75-68-51-43-44-52-70(68)81(79(75)83)61-63(45-37-23-17-11-5)47-39-33-27-21-15-9-3/h43-44,51-60,63-64H,7-42,45-50,61-62H2,1-6H3/b76-75+. The van der Waals surface area contributed by atoms with Crippen LogP contribution in [0.2, 0.25) is 0 Å². The van der Waals surface area contributed by atoms with Gasteiger partial charge < -0.3 is 9.80 Å². The zero-order valence-corrected chi connectivity index (χ0v) is 58.6. The number of carbonyl (C=O) groups is 2. The summed E-state index contributed by atoms with van der Waals surface area (Å²) in [5.74, 6) is 0.883. The van der Waals surface area contributed by atoms with Gasteiger partial charge in [0.1, 0.15) is 0 Å². The van der Waals surface area contributed by atoms with Crippen molar-refractivity contribution in [3.8, 4) is 29.9 Å². The maximum atomic E-state index is 15.9. The number of carbonyl (C=O) groups excluding carboxylic acids is 2. The Labute approximate surface area is 544 Å². The number of nitrogens with zero attached hydrogens (tertiary/aromatic N) is 2. The Morgan fingerprint density at radius 3 is 1.25 bits per heavy atom. The molecular weight excluding hydrogens is 1120 g/mol. The Balaban J connectivity index is 1.24. The number of benzene rings is 2. The number of unbranched alkanes of at least 4 members (excludes halogenated alkanes) is 30. The van der Waals surface area contributed by atoms with Crippen molar-refractivity contribution in [2.75, 3.05) is 22.9 Å². The van der Waals surface area contributed by atoms with Crippen molar-refractivity contribution in [1.29, 1.82) is 0 Å². The maximum Gasteiger partial charge on any atom is 0.259 e. The van der Waals surface area contributed by atoms with E-state index in [0.717, 1.165) is 61.2 Å². The van der Waals surface area contributed by atoms with Crippen molar-refractivity contribution < 1.29 is 9.59 Å². The lowest BCUT2D eigenvalue weighted by Gasteiger charge is -2.25. The first-order chi connectivity index (χ1) is 42.8. The molecular formula is C80H120N2O2S3. The zero-order valence-electron chi connectivity index (χ0n) is 56.1. The van der Waals surface area contributed by atoms with Crippen molar-refractivity contribution in [2.24, 2.45) is 11.8 Å². The fourth-order valence-corrected chi connectivity index (χ4v) is 17.6. The average Bonchev–Trinajstić information content (AvgIpc) is 1.70. The number of hydrogen-bond donors (Lipinski definition) is 0. The molecule has 7 rings (SSSR count). The normalized spacial score (nSPS) is 14.7. The molecule has 87 heavy (non-hydrogen) atoms. The second-order valence-corrected chi connectivity index (χ2v) is 29.8. The molecule has 2 aliphatic heterocycles. The summed E-state index contributed by atoms with van der Waals surface area (Å²) >= 11 is 5.87. The third-order valence-corrected chi connectivity index (χ3v) is 23.1. The number of thiophene rings is 3. The van der Waals surface area contributed by atoms with Crippen LogP contribution < -0.4 is 9.80 Å². The van der Waals surface area contributed by atoms with Gasteiger partial charge in [-0.05, 0) is 122 Å². The molecule has 2 amide bonds. The molecule has 7 heteroatoms. The summed E-state index contributed by atoms with van der Waals surface area (Å²) in [4.78, 5) is 42.8. The predicted octanol–water partition coefficient (Wildman–Crippen LogP) is 26.5. The van der Waals surface area contributed by atoms with E-state index in [4.69, 9.17) is 0 Å². The van der Waals surface area contributed by atoms with Gasteiger partial charge in [0.15, 0.2) is 0 Å².